The summed E-state index contributed by atoms with van der Waals surface area (Å²) in [5, 5.41) is 0.105. The minimum Gasteiger partial charge on any atom is -0.229 e. The Kier molecular flexibility index (Phi) is 6.19. The predicted octanol–water partition coefficient (Wildman–Crippen LogP) is 3.24. The van der Waals surface area contributed by atoms with Gasteiger partial charge in [-0.15, -0.1) is 11.6 Å². The summed E-state index contributed by atoms with van der Waals surface area (Å²) in [6, 6.07) is 0. The molecule has 0 aromatic heterocycles. The average Bonchev–Trinajstić information content (AvgIpc) is 1.99. The molecule has 2 nitrogen and oxygen atoms in total. The van der Waals surface area contributed by atoms with Crippen LogP contribution >= 0.6 is 11.6 Å². The minimum atomic E-state index is -2.84. The van der Waals surface area contributed by atoms with Crippen molar-refractivity contribution in [2.24, 2.45) is 5.41 Å². The lowest BCUT2D eigenvalue weighted by Gasteiger charge is -2.25. The molecule has 0 N–H and O–H groups in total. The van der Waals surface area contributed by atoms with E-state index in [4.69, 9.17) is 11.6 Å². The van der Waals surface area contributed by atoms with E-state index in [0.29, 0.717) is 18.6 Å². The number of hydrogen-bond acceptors (Lipinski definition) is 2. The fourth-order valence-corrected chi connectivity index (χ4v) is 3.82. The Balaban J connectivity index is 4.14. The van der Waals surface area contributed by atoms with Gasteiger partial charge in [-0.05, 0) is 31.6 Å². The number of sulfone groups is 1. The molecule has 0 aromatic rings. The highest BCUT2D eigenvalue weighted by Gasteiger charge is 2.23. The van der Waals surface area contributed by atoms with E-state index in [9.17, 15) is 8.42 Å². The van der Waals surface area contributed by atoms with E-state index >= 15 is 0 Å². The van der Waals surface area contributed by atoms with Crippen LogP contribution < -0.4 is 0 Å². The molecule has 0 spiro atoms. The fraction of sp³-hybridized carbons (Fsp3) is 1.00. The molecule has 0 fully saturated rings. The lowest BCUT2D eigenvalue weighted by Crippen LogP contribution is -2.21. The molecule has 0 radical (unpaired) electrons. The highest BCUT2D eigenvalue weighted by Crippen LogP contribution is 2.29. The van der Waals surface area contributed by atoms with Gasteiger partial charge in [0.1, 0.15) is 9.84 Å². The molecule has 1 unspecified atom stereocenters. The fourth-order valence-electron chi connectivity index (χ4n) is 1.71. The monoisotopic (exact) mass is 254 g/mol. The van der Waals surface area contributed by atoms with E-state index in [1.807, 2.05) is 13.8 Å². The van der Waals surface area contributed by atoms with E-state index in [1.54, 1.807) is 0 Å². The molecule has 0 heterocycles. The number of rotatable bonds is 7. The summed E-state index contributed by atoms with van der Waals surface area (Å²) < 4.78 is 23.1. The van der Waals surface area contributed by atoms with Gasteiger partial charge in [0.2, 0.25) is 0 Å². The first-order valence-electron chi connectivity index (χ1n) is 5.53. The van der Waals surface area contributed by atoms with Crippen molar-refractivity contribution >= 4 is 21.4 Å². The predicted molar refractivity (Wildman–Crippen MR) is 67.3 cm³/mol. The van der Waals surface area contributed by atoms with Gasteiger partial charge in [0.15, 0.2) is 0 Å². The van der Waals surface area contributed by atoms with Crippen LogP contribution in [-0.2, 0) is 9.84 Å². The number of alkyl halides is 1. The molecule has 0 saturated heterocycles. The number of halogens is 1. The molecule has 0 rings (SSSR count). The van der Waals surface area contributed by atoms with E-state index < -0.39 is 9.84 Å². The smallest absolute Gasteiger partial charge is 0.150 e. The zero-order valence-corrected chi connectivity index (χ0v) is 11.8. The van der Waals surface area contributed by atoms with Crippen LogP contribution in [0.4, 0.5) is 0 Å². The Labute approximate surface area is 99.3 Å². The van der Waals surface area contributed by atoms with E-state index in [-0.39, 0.29) is 16.5 Å². The molecule has 15 heavy (non-hydrogen) atoms. The molecular weight excluding hydrogens is 232 g/mol. The van der Waals surface area contributed by atoms with Gasteiger partial charge in [0, 0.05) is 11.1 Å². The van der Waals surface area contributed by atoms with Crippen LogP contribution in [0.5, 0.6) is 0 Å². The van der Waals surface area contributed by atoms with Crippen molar-refractivity contribution in [2.75, 3.05) is 11.5 Å². The second-order valence-electron chi connectivity index (χ2n) is 5.05. The first-order valence-corrected chi connectivity index (χ1v) is 7.79. The largest absolute Gasteiger partial charge is 0.229 e. The summed E-state index contributed by atoms with van der Waals surface area (Å²) in [6.07, 6.45) is 2.26. The third kappa shape index (κ3) is 8.09. The summed E-state index contributed by atoms with van der Waals surface area (Å²) in [5.74, 6) is 0.594. The third-order valence-electron chi connectivity index (χ3n) is 2.44. The van der Waals surface area contributed by atoms with Crippen molar-refractivity contribution < 1.29 is 8.42 Å². The second-order valence-corrected chi connectivity index (χ2v) is 8.10. The molecule has 0 saturated carbocycles. The molecule has 0 aromatic carbocycles. The van der Waals surface area contributed by atoms with Gasteiger partial charge < -0.3 is 0 Å². The highest BCUT2D eigenvalue weighted by atomic mass is 35.5. The van der Waals surface area contributed by atoms with Crippen LogP contribution in [0.15, 0.2) is 0 Å². The molecule has 0 aliphatic rings. The van der Waals surface area contributed by atoms with Crippen molar-refractivity contribution in [3.05, 3.63) is 0 Å². The summed E-state index contributed by atoms with van der Waals surface area (Å²) in [4.78, 5) is 0. The summed E-state index contributed by atoms with van der Waals surface area (Å²) in [5.41, 5.74) is 0.0159. The van der Waals surface area contributed by atoms with Crippen LogP contribution in [0, 0.1) is 5.41 Å². The summed E-state index contributed by atoms with van der Waals surface area (Å²) in [6.45, 7) is 7.99. The average molecular weight is 255 g/mol. The topological polar surface area (TPSA) is 34.1 Å². The van der Waals surface area contributed by atoms with Crippen LogP contribution in [0.25, 0.3) is 0 Å². The van der Waals surface area contributed by atoms with Crippen molar-refractivity contribution in [3.63, 3.8) is 0 Å². The minimum absolute atomic E-state index is 0.0159. The first kappa shape index (κ1) is 15.2. The molecule has 0 aliphatic carbocycles. The van der Waals surface area contributed by atoms with Gasteiger partial charge in [-0.1, -0.05) is 20.8 Å². The molecule has 1 atom stereocenters. The summed E-state index contributed by atoms with van der Waals surface area (Å²) in [7, 11) is -2.84. The standard InChI is InChI=1S/C11H23ClO2S/c1-5-7-15(13,14)8-6-11(3,4)9-10(2)12/h10H,5-9H2,1-4H3. The van der Waals surface area contributed by atoms with Crippen LogP contribution in [0.2, 0.25) is 0 Å². The maximum atomic E-state index is 11.5. The van der Waals surface area contributed by atoms with Gasteiger partial charge >= 0.3 is 0 Å². The molecule has 4 heteroatoms. The van der Waals surface area contributed by atoms with Gasteiger partial charge in [-0.3, -0.25) is 0 Å². The van der Waals surface area contributed by atoms with Gasteiger partial charge in [0.25, 0.3) is 0 Å². The van der Waals surface area contributed by atoms with Gasteiger partial charge in [-0.25, -0.2) is 8.42 Å². The molecule has 0 bridgehead atoms. The van der Waals surface area contributed by atoms with E-state index in [1.165, 1.54) is 0 Å². The lowest BCUT2D eigenvalue weighted by atomic mass is 9.85. The van der Waals surface area contributed by atoms with Crippen LogP contribution in [0.3, 0.4) is 0 Å². The van der Waals surface area contributed by atoms with Gasteiger partial charge in [0.05, 0.1) is 5.75 Å². The Morgan fingerprint density at radius 2 is 1.80 bits per heavy atom. The van der Waals surface area contributed by atoms with Crippen molar-refractivity contribution in [3.8, 4) is 0 Å². The first-order chi connectivity index (χ1) is 6.68. The van der Waals surface area contributed by atoms with Crippen molar-refractivity contribution in [2.45, 2.75) is 52.3 Å². The third-order valence-corrected chi connectivity index (χ3v) is 4.45. The second kappa shape index (κ2) is 6.09. The Bertz CT molecular complexity index is 268. The van der Waals surface area contributed by atoms with Crippen molar-refractivity contribution in [1.29, 1.82) is 0 Å². The summed E-state index contributed by atoms with van der Waals surface area (Å²) >= 11 is 5.92. The molecule has 92 valence electrons. The maximum Gasteiger partial charge on any atom is 0.150 e. The molecule has 0 aliphatic heterocycles. The van der Waals surface area contributed by atoms with E-state index in [0.717, 1.165) is 6.42 Å². The molecular formula is C11H23ClO2S. The maximum absolute atomic E-state index is 11.5. The zero-order chi connectivity index (χ0) is 12.1. The Morgan fingerprint density at radius 1 is 1.27 bits per heavy atom. The Morgan fingerprint density at radius 3 is 2.20 bits per heavy atom. The quantitative estimate of drug-likeness (QED) is 0.654. The van der Waals surface area contributed by atoms with Crippen molar-refractivity contribution in [1.82, 2.24) is 0 Å². The molecule has 0 amide bonds. The normalized spacial score (nSPS) is 15.3. The SMILES string of the molecule is CCCS(=O)(=O)CCC(C)(C)CC(C)Cl. The Hall–Kier alpha value is 0.240. The zero-order valence-electron chi connectivity index (χ0n) is 10.2. The lowest BCUT2D eigenvalue weighted by molar-refractivity contribution is 0.322. The van der Waals surface area contributed by atoms with Crippen LogP contribution in [-0.4, -0.2) is 25.3 Å². The van der Waals surface area contributed by atoms with Crippen LogP contribution in [0.1, 0.15) is 47.0 Å². The number of hydrogen-bond donors (Lipinski definition) is 0. The highest BCUT2D eigenvalue weighted by molar-refractivity contribution is 7.91. The van der Waals surface area contributed by atoms with Gasteiger partial charge in [-0.2, -0.15) is 0 Å². The van der Waals surface area contributed by atoms with E-state index in [2.05, 4.69) is 13.8 Å².